The molecule has 1 N–H and O–H groups in total. The van der Waals surface area contributed by atoms with Crippen molar-refractivity contribution in [1.29, 1.82) is 0 Å². The van der Waals surface area contributed by atoms with Crippen LogP contribution in [0.15, 0.2) is 82.9 Å². The van der Waals surface area contributed by atoms with Gasteiger partial charge < -0.3 is 10.1 Å². The lowest BCUT2D eigenvalue weighted by atomic mass is 10.1. The van der Waals surface area contributed by atoms with Crippen molar-refractivity contribution in [3.8, 4) is 11.5 Å². The summed E-state index contributed by atoms with van der Waals surface area (Å²) < 4.78 is 6.90. The van der Waals surface area contributed by atoms with Gasteiger partial charge in [0, 0.05) is 17.1 Å². The second-order valence-corrected chi connectivity index (χ2v) is 8.95. The molecule has 0 heterocycles. The van der Waals surface area contributed by atoms with Gasteiger partial charge in [-0.15, -0.1) is 0 Å². The van der Waals surface area contributed by atoms with Crippen LogP contribution in [-0.4, -0.2) is 12.5 Å². The minimum Gasteiger partial charge on any atom is -0.456 e. The van der Waals surface area contributed by atoms with E-state index in [9.17, 15) is 4.79 Å². The molecule has 32 heavy (non-hydrogen) atoms. The Bertz CT molecular complexity index is 1080. The summed E-state index contributed by atoms with van der Waals surface area (Å²) in [6, 6.07) is 20.9. The number of halogens is 2. The quantitative estimate of drug-likeness (QED) is 0.297. The molecule has 3 aromatic carbocycles. The maximum Gasteiger partial charge on any atom is 0.251 e. The molecule has 0 bridgehead atoms. The van der Waals surface area contributed by atoms with Gasteiger partial charge in [0.1, 0.15) is 11.5 Å². The van der Waals surface area contributed by atoms with Crippen LogP contribution in [-0.2, 0) is 12.8 Å². The van der Waals surface area contributed by atoms with Gasteiger partial charge in [0.05, 0.1) is 4.47 Å². The number of carbonyl (C=O) groups is 1. The van der Waals surface area contributed by atoms with Gasteiger partial charge in [0.15, 0.2) is 0 Å². The molecule has 0 saturated carbocycles. The molecular formula is C27H27BrClNO2. The fourth-order valence-corrected chi connectivity index (χ4v) is 3.99. The first-order chi connectivity index (χ1) is 15.4. The standard InChI is InChI=1S/C27H27BrClNO2/c1-3-4-19(2)17-21-7-14-26(25(28)18-21)32-24-12-8-22(9-13-24)27(31)30-16-15-20-5-10-23(29)11-6-20/h4-14,18H,3,15-17H2,1-2H3,(H,30,31)/b19-4-. The van der Waals surface area contributed by atoms with E-state index in [0.717, 1.165) is 35.0 Å². The summed E-state index contributed by atoms with van der Waals surface area (Å²) in [7, 11) is 0. The van der Waals surface area contributed by atoms with Crippen LogP contribution in [0.4, 0.5) is 0 Å². The smallest absolute Gasteiger partial charge is 0.251 e. The van der Waals surface area contributed by atoms with E-state index in [1.165, 1.54) is 11.1 Å². The van der Waals surface area contributed by atoms with E-state index in [-0.39, 0.29) is 5.91 Å². The van der Waals surface area contributed by atoms with E-state index in [0.29, 0.717) is 22.9 Å². The second kappa shape index (κ2) is 11.9. The molecule has 0 aliphatic carbocycles. The van der Waals surface area contributed by atoms with Gasteiger partial charge in [0.2, 0.25) is 0 Å². The molecular weight excluding hydrogens is 486 g/mol. The maximum absolute atomic E-state index is 12.4. The Labute approximate surface area is 203 Å². The number of amides is 1. The van der Waals surface area contributed by atoms with Crippen molar-refractivity contribution in [1.82, 2.24) is 5.32 Å². The Morgan fingerprint density at radius 1 is 1.03 bits per heavy atom. The van der Waals surface area contributed by atoms with E-state index in [1.54, 1.807) is 12.1 Å². The van der Waals surface area contributed by atoms with E-state index in [2.05, 4.69) is 53.3 Å². The Hall–Kier alpha value is -2.56. The minimum absolute atomic E-state index is 0.105. The number of benzene rings is 3. The monoisotopic (exact) mass is 511 g/mol. The van der Waals surface area contributed by atoms with E-state index in [4.69, 9.17) is 16.3 Å². The van der Waals surface area contributed by atoms with Gasteiger partial charge in [-0.25, -0.2) is 0 Å². The highest BCUT2D eigenvalue weighted by atomic mass is 79.9. The molecule has 0 saturated heterocycles. The topological polar surface area (TPSA) is 38.3 Å². The van der Waals surface area contributed by atoms with Crippen molar-refractivity contribution in [3.05, 3.63) is 105 Å². The van der Waals surface area contributed by atoms with Crippen LogP contribution in [0.1, 0.15) is 41.8 Å². The fraction of sp³-hybridized carbons (Fsp3) is 0.222. The van der Waals surface area contributed by atoms with Crippen molar-refractivity contribution >= 4 is 33.4 Å². The van der Waals surface area contributed by atoms with Gasteiger partial charge >= 0.3 is 0 Å². The van der Waals surface area contributed by atoms with Crippen molar-refractivity contribution in [3.63, 3.8) is 0 Å². The molecule has 0 spiro atoms. The lowest BCUT2D eigenvalue weighted by molar-refractivity contribution is 0.0954. The lowest BCUT2D eigenvalue weighted by Gasteiger charge is -2.11. The number of hydrogen-bond acceptors (Lipinski definition) is 2. The zero-order chi connectivity index (χ0) is 22.9. The highest BCUT2D eigenvalue weighted by molar-refractivity contribution is 9.10. The third kappa shape index (κ3) is 7.25. The summed E-state index contributed by atoms with van der Waals surface area (Å²) >= 11 is 9.51. The largest absolute Gasteiger partial charge is 0.456 e. The van der Waals surface area contributed by atoms with Gasteiger partial charge in [-0.2, -0.15) is 0 Å². The molecule has 0 fully saturated rings. The Kier molecular flexibility index (Phi) is 8.95. The van der Waals surface area contributed by atoms with Crippen molar-refractivity contribution in [2.75, 3.05) is 6.54 Å². The molecule has 0 unspecified atom stereocenters. The SMILES string of the molecule is CC/C=C(/C)Cc1ccc(Oc2ccc(C(=O)NCCc3ccc(Cl)cc3)cc2)c(Br)c1. The second-order valence-electron chi connectivity index (χ2n) is 7.66. The first kappa shape index (κ1) is 24.1. The average molecular weight is 513 g/mol. The number of carbonyl (C=O) groups excluding carboxylic acids is 1. The van der Waals surface area contributed by atoms with Crippen molar-refractivity contribution in [2.24, 2.45) is 0 Å². The van der Waals surface area contributed by atoms with Gasteiger partial charge in [-0.1, -0.05) is 48.4 Å². The molecule has 0 atom stereocenters. The molecule has 0 aliphatic heterocycles. The van der Waals surface area contributed by atoms with Crippen LogP contribution >= 0.6 is 27.5 Å². The van der Waals surface area contributed by atoms with Crippen LogP contribution in [0.5, 0.6) is 11.5 Å². The molecule has 0 radical (unpaired) electrons. The zero-order valence-corrected chi connectivity index (χ0v) is 20.7. The summed E-state index contributed by atoms with van der Waals surface area (Å²) in [4.78, 5) is 12.4. The highest BCUT2D eigenvalue weighted by Gasteiger charge is 2.08. The molecule has 5 heteroatoms. The van der Waals surface area contributed by atoms with Gasteiger partial charge in [-0.3, -0.25) is 4.79 Å². The van der Waals surface area contributed by atoms with Gasteiger partial charge in [0.25, 0.3) is 5.91 Å². The summed E-state index contributed by atoms with van der Waals surface area (Å²) in [6.45, 7) is 4.86. The van der Waals surface area contributed by atoms with E-state index < -0.39 is 0 Å². The summed E-state index contributed by atoms with van der Waals surface area (Å²) in [6.07, 6.45) is 4.97. The highest BCUT2D eigenvalue weighted by Crippen LogP contribution is 2.31. The predicted molar refractivity (Wildman–Crippen MR) is 136 cm³/mol. The van der Waals surface area contributed by atoms with Crippen LogP contribution in [0.3, 0.4) is 0 Å². The molecule has 3 nitrogen and oxygen atoms in total. The number of allylic oxidation sites excluding steroid dienone is 2. The van der Waals surface area contributed by atoms with Crippen LogP contribution in [0.25, 0.3) is 0 Å². The third-order valence-electron chi connectivity index (χ3n) is 4.99. The molecule has 0 aliphatic rings. The minimum atomic E-state index is -0.105. The molecule has 3 rings (SSSR count). The number of nitrogens with one attached hydrogen (secondary N) is 1. The van der Waals surface area contributed by atoms with E-state index >= 15 is 0 Å². The molecule has 1 amide bonds. The van der Waals surface area contributed by atoms with Crippen LogP contribution < -0.4 is 10.1 Å². The lowest BCUT2D eigenvalue weighted by Crippen LogP contribution is -2.25. The Morgan fingerprint density at radius 2 is 1.72 bits per heavy atom. The zero-order valence-electron chi connectivity index (χ0n) is 18.3. The fourth-order valence-electron chi connectivity index (χ4n) is 3.35. The first-order valence-electron chi connectivity index (χ1n) is 10.7. The average Bonchev–Trinajstić information content (AvgIpc) is 2.77. The normalized spacial score (nSPS) is 11.3. The Balaban J connectivity index is 1.54. The van der Waals surface area contributed by atoms with E-state index in [1.807, 2.05) is 42.5 Å². The van der Waals surface area contributed by atoms with Gasteiger partial charge in [-0.05, 0) is 102 Å². The first-order valence-corrected chi connectivity index (χ1v) is 11.9. The van der Waals surface area contributed by atoms with Crippen molar-refractivity contribution in [2.45, 2.75) is 33.1 Å². The predicted octanol–water partition coefficient (Wildman–Crippen LogP) is 7.77. The summed E-state index contributed by atoms with van der Waals surface area (Å²) in [5, 5.41) is 3.66. The Morgan fingerprint density at radius 3 is 2.38 bits per heavy atom. The van der Waals surface area contributed by atoms with Crippen LogP contribution in [0, 0.1) is 0 Å². The molecule has 166 valence electrons. The number of hydrogen-bond donors (Lipinski definition) is 1. The third-order valence-corrected chi connectivity index (χ3v) is 5.86. The summed E-state index contributed by atoms with van der Waals surface area (Å²) in [5.41, 5.74) is 4.32. The molecule has 3 aromatic rings. The number of rotatable bonds is 9. The number of ether oxygens (including phenoxy) is 1. The van der Waals surface area contributed by atoms with Crippen LogP contribution in [0.2, 0.25) is 5.02 Å². The summed E-state index contributed by atoms with van der Waals surface area (Å²) in [5.74, 6) is 1.32. The maximum atomic E-state index is 12.4. The van der Waals surface area contributed by atoms with Crippen molar-refractivity contribution < 1.29 is 9.53 Å². The molecule has 0 aromatic heterocycles.